The normalized spacial score (nSPS) is 32.1. The van der Waals surface area contributed by atoms with Crippen molar-refractivity contribution in [2.24, 2.45) is 74.4 Å². The van der Waals surface area contributed by atoms with E-state index in [2.05, 4.69) is 151 Å². The van der Waals surface area contributed by atoms with Crippen molar-refractivity contribution in [1.82, 2.24) is 98.0 Å². The number of anilines is 3. The summed E-state index contributed by atoms with van der Waals surface area (Å²) in [5.41, 5.74) is 6.81. The number of nitrogens with zero attached hydrogens (tertiary/aromatic N) is 19. The first-order valence-electron chi connectivity index (χ1n) is 38.1. The average Bonchev–Trinajstić information content (AvgIpc) is 1.70. The molecule has 0 spiro atoms. The molecule has 47 heteroatoms. The number of nitrogens with one attached hydrogen (secondary N) is 4. The van der Waals surface area contributed by atoms with E-state index >= 15 is 0 Å². The third-order valence-electron chi connectivity index (χ3n) is 27.1. The molecule has 20 rings (SSSR count). The molecule has 10 fully saturated rings. The van der Waals surface area contributed by atoms with Crippen molar-refractivity contribution < 1.29 is 53.1 Å². The van der Waals surface area contributed by atoms with Gasteiger partial charge in [0.05, 0.1) is 63.2 Å². The van der Waals surface area contributed by atoms with Crippen LogP contribution >= 0.6 is 131 Å². The minimum atomic E-state index is -4.84. The van der Waals surface area contributed by atoms with E-state index < -0.39 is 44.8 Å². The average molecular weight is 1840 g/mol. The topological polar surface area (TPSA) is 459 Å². The third-order valence-corrected chi connectivity index (χ3v) is 29.5. The molecule has 20 atom stereocenters. The first-order valence-corrected chi connectivity index (χ1v) is 45.1. The molecule has 10 aliphatic rings. The molecule has 10 aliphatic carbocycles. The van der Waals surface area contributed by atoms with Gasteiger partial charge >= 0.3 is 20.6 Å². The van der Waals surface area contributed by atoms with E-state index in [0.717, 1.165) is 59.2 Å². The number of phosphoric ester groups is 2. The van der Waals surface area contributed by atoms with Crippen LogP contribution in [0.15, 0.2) is 31.6 Å². The van der Waals surface area contributed by atoms with Crippen LogP contribution in [-0.4, -0.2) is 191 Å². The Morgan fingerprint density at radius 2 is 0.845 bits per heavy atom. The van der Waals surface area contributed by atoms with E-state index in [1.165, 1.54) is 64.0 Å². The summed E-state index contributed by atoms with van der Waals surface area (Å²) in [4.78, 5) is 101. The predicted molar refractivity (Wildman–Crippen MR) is 444 cm³/mol. The highest BCUT2D eigenvalue weighted by molar-refractivity contribution is 7.54. The fourth-order valence-electron chi connectivity index (χ4n) is 20.7. The molecule has 10 aromatic heterocycles. The first-order chi connectivity index (χ1) is 54.9. The van der Waals surface area contributed by atoms with Gasteiger partial charge in [-0.05, 0) is 205 Å². The Labute approximate surface area is 715 Å². The largest absolute Gasteiger partial charge is 0.469 e. The summed E-state index contributed by atoms with van der Waals surface area (Å²) in [6.07, 6.45) is 20.3. The van der Waals surface area contributed by atoms with Gasteiger partial charge in [-0.2, -0.15) is 74.3 Å². The minimum absolute atomic E-state index is 0.00323. The highest BCUT2D eigenvalue weighted by Crippen LogP contribution is 2.75. The van der Waals surface area contributed by atoms with Crippen LogP contribution in [0.3, 0.4) is 0 Å². The summed E-state index contributed by atoms with van der Waals surface area (Å²) >= 11 is 55.7. The lowest BCUT2D eigenvalue weighted by atomic mass is 9.90. The highest BCUT2D eigenvalue weighted by Gasteiger charge is 2.71. The van der Waals surface area contributed by atoms with Gasteiger partial charge in [0.1, 0.15) is 11.0 Å². The second-order valence-corrected chi connectivity index (χ2v) is 38.8. The number of aliphatic hydroxyl groups is 3. The predicted octanol–water partition coefficient (Wildman–Crippen LogP) is 14.7. The summed E-state index contributed by atoms with van der Waals surface area (Å²) in [5, 5.41) is 39.5. The number of rotatable bonds is 16. The standard InChI is InChI=1S/C15H20ClN5.C14H16Cl2N4.C13H18ClN5O8P2.C13H16ClN5O2.C9H16O.C5H2Cl2N4.BCl3/c1-4-15-6-9(15)10(5-8(15)2)21-7-18-11-12(17-3)19-14(16)20-13(11)21;1-3-14-5-8(14)9(4-7(14)2)20-6-17-10-11(15)18-13(16)19-12(10)20;1-15-10-9-11(18-12(14)17-10)19(5-16-9)7-2-8(27-29(23,24)25)13(3-6(7)13)4-26-28(20,21)22;1-15-10-9-11(18-12(14)17-10)19(5-16-9)7-2-8(21)13(4-20)3-6(7)13;1-3-9-5-7(9)8(10)4-6(9)2;6-3-2-4(9-1-8-2)11-5(7)10-3;2-1(3)4/h7-10H,4-6H2,1-3H3,(H,17,19,20);6-9H,3-5H2,1-2H3;5-8H,2-4H2,1H3,(H,15,17,18)(H2,20,21,22)(H2,23,24,25);5-8,20-21H,2-4H2,1H3,(H,15,17,18);6-8,10H,3-5H2,1-2H3;1H,(H,8,9,10,11);/t8-,9+,10-,15-;7-,8+,9-,14-;2*6-,7+,8+,13+;6-,7+,8+,9-;;/m00110../s1. The number of H-pyrrole nitrogens is 1. The maximum absolute atomic E-state index is 11.4. The summed E-state index contributed by atoms with van der Waals surface area (Å²) in [6, 6.07) is 0.720. The Morgan fingerprint density at radius 1 is 0.483 bits per heavy atom. The molecule has 10 aromatic rings. The molecular formula is C69H88BCl10N23O11P2. The molecule has 628 valence electrons. The van der Waals surface area contributed by atoms with Crippen molar-refractivity contribution >= 4 is 209 Å². The number of hydrogen-bond donors (Lipinski definition) is 11. The zero-order valence-electron chi connectivity index (χ0n) is 64.2. The number of fused-ring (bicyclic) bond motifs is 10. The van der Waals surface area contributed by atoms with Gasteiger partial charge in [0.25, 0.3) is 0 Å². The van der Waals surface area contributed by atoms with Crippen LogP contribution in [-0.2, 0) is 18.2 Å². The van der Waals surface area contributed by atoms with Crippen LogP contribution in [0.5, 0.6) is 0 Å². The molecule has 10 saturated carbocycles. The molecule has 116 heavy (non-hydrogen) atoms. The zero-order valence-corrected chi connectivity index (χ0v) is 73.5. The zero-order chi connectivity index (χ0) is 83.6. The molecule has 0 bridgehead atoms. The first kappa shape index (κ1) is 87.6. The summed E-state index contributed by atoms with van der Waals surface area (Å²) in [6.45, 7) is 13.6. The van der Waals surface area contributed by atoms with Crippen LogP contribution in [0, 0.1) is 74.4 Å². The van der Waals surface area contributed by atoms with Gasteiger partial charge in [0.15, 0.2) is 72.5 Å². The van der Waals surface area contributed by atoms with Gasteiger partial charge in [-0.15, -0.1) is 0 Å². The van der Waals surface area contributed by atoms with Crippen molar-refractivity contribution in [2.75, 3.05) is 50.3 Å². The van der Waals surface area contributed by atoms with Crippen LogP contribution in [0.1, 0.15) is 149 Å². The van der Waals surface area contributed by atoms with Crippen LogP contribution in [0.25, 0.3) is 55.8 Å². The maximum Gasteiger partial charge on any atom is 0.469 e. The molecule has 0 saturated heterocycles. The Morgan fingerprint density at radius 3 is 1.22 bits per heavy atom. The maximum atomic E-state index is 11.4. The van der Waals surface area contributed by atoms with Gasteiger partial charge in [-0.1, -0.05) is 64.7 Å². The van der Waals surface area contributed by atoms with Crippen molar-refractivity contribution in [3.05, 3.63) is 68.4 Å². The number of imidazole rings is 5. The van der Waals surface area contributed by atoms with Gasteiger partial charge in [-0.3, -0.25) is 9.05 Å². The van der Waals surface area contributed by atoms with Crippen LogP contribution in [0.4, 0.5) is 17.5 Å². The van der Waals surface area contributed by atoms with E-state index in [4.69, 9.17) is 130 Å². The van der Waals surface area contributed by atoms with E-state index in [1.807, 2.05) is 24.3 Å². The number of hydrogen-bond acceptors (Lipinski definition) is 25. The Bertz CT molecular complexity index is 5300. The summed E-state index contributed by atoms with van der Waals surface area (Å²) < 4.78 is 40.3. The Hall–Kier alpha value is -4.79. The van der Waals surface area contributed by atoms with Crippen LogP contribution < -0.4 is 16.0 Å². The Kier molecular flexibility index (Phi) is 25.3. The fraction of sp³-hybridized carbons (Fsp3) is 0.638. The van der Waals surface area contributed by atoms with E-state index in [1.54, 1.807) is 25.0 Å². The molecule has 11 N–H and O–H groups in total. The third kappa shape index (κ3) is 16.5. The minimum Gasteiger partial charge on any atom is -0.396 e. The molecule has 0 aliphatic heterocycles. The second kappa shape index (κ2) is 33.5. The SMILES string of the molecule is CC[C@@]12C[C@@H]1[C@@H](n1cnc3c(Cl)nc(Cl)nc31)C[C@@H]2C.CC[C@@]12C[C@@H]1[C@@H](n1cnc3c(NC)nc(Cl)nc31)C[C@@H]2C.CC[C@@]12C[C@@H]1[C@H](O)C[C@@H]2C.CNc1nc(Cl)nc2c1ncn2[C@H]1C[C@H](O)[C@]2(CO)C[C@H]12.CNc1nc(Cl)nc2c1ncn2[C@H]1C[C@H](OP(=O)(O)O)[C@]2(COP(=O)(O)O)C[C@H]12.ClB(Cl)Cl.Clc1nc(Cl)c2[nH]cnc2n1. The van der Waals surface area contributed by atoms with Gasteiger partial charge in [0.2, 0.25) is 26.4 Å². The van der Waals surface area contributed by atoms with Crippen molar-refractivity contribution in [1.29, 1.82) is 0 Å². The number of aromatic nitrogens is 20. The van der Waals surface area contributed by atoms with E-state index in [0.29, 0.717) is 109 Å². The molecule has 0 amide bonds. The molecule has 10 heterocycles. The van der Waals surface area contributed by atoms with Crippen molar-refractivity contribution in [2.45, 2.75) is 167 Å². The van der Waals surface area contributed by atoms with Crippen molar-refractivity contribution in [3.63, 3.8) is 0 Å². The quantitative estimate of drug-likeness (QED) is 0.0185. The monoisotopic (exact) mass is 1840 g/mol. The lowest BCUT2D eigenvalue weighted by Gasteiger charge is -2.24. The molecular weight excluding hydrogens is 1750 g/mol. The summed E-state index contributed by atoms with van der Waals surface area (Å²) in [7, 11) is -4.35. The van der Waals surface area contributed by atoms with Gasteiger partial charge in [-0.25, -0.2) is 44.0 Å². The smallest absolute Gasteiger partial charge is 0.396 e. The molecule has 0 aromatic carbocycles. The van der Waals surface area contributed by atoms with E-state index in [9.17, 15) is 34.2 Å². The second-order valence-electron chi connectivity index (χ2n) is 32.0. The summed E-state index contributed by atoms with van der Waals surface area (Å²) in [5.74, 6) is 6.25. The van der Waals surface area contributed by atoms with Gasteiger partial charge < -0.3 is 74.1 Å². The number of aliphatic hydroxyl groups excluding tert-OH is 3. The fourth-order valence-corrected chi connectivity index (χ4v) is 23.1. The molecule has 34 nitrogen and oxygen atoms in total. The number of halogens is 10. The number of aromatic amines is 1. The lowest BCUT2D eigenvalue weighted by molar-refractivity contribution is 0.0498. The number of phosphoric acid groups is 2. The van der Waals surface area contributed by atoms with E-state index in [-0.39, 0.29) is 80.0 Å². The highest BCUT2D eigenvalue weighted by atomic mass is 35.6. The lowest BCUT2D eigenvalue weighted by Crippen LogP contribution is -2.26. The van der Waals surface area contributed by atoms with Gasteiger partial charge in [0, 0.05) is 56.1 Å². The van der Waals surface area contributed by atoms with Crippen molar-refractivity contribution in [3.8, 4) is 0 Å². The Balaban J connectivity index is 0.000000117. The molecule has 0 radical (unpaired) electrons. The van der Waals surface area contributed by atoms with Crippen LogP contribution in [0.2, 0.25) is 36.7 Å². The molecule has 0 unspecified atom stereocenters.